The van der Waals surface area contributed by atoms with Gasteiger partial charge in [-0.15, -0.1) is 0 Å². The molecule has 0 aromatic heterocycles. The maximum absolute atomic E-state index is 13.5. The van der Waals surface area contributed by atoms with Crippen molar-refractivity contribution in [1.29, 1.82) is 0 Å². The van der Waals surface area contributed by atoms with Gasteiger partial charge in [-0.2, -0.15) is 0 Å². The highest BCUT2D eigenvalue weighted by Gasteiger charge is 2.20. The van der Waals surface area contributed by atoms with Crippen LogP contribution in [0.3, 0.4) is 0 Å². The summed E-state index contributed by atoms with van der Waals surface area (Å²) in [7, 11) is 2.00. The van der Waals surface area contributed by atoms with Crippen LogP contribution in [0.4, 0.5) is 4.39 Å². The highest BCUT2D eigenvalue weighted by Crippen LogP contribution is 2.23. The molecule has 0 spiro atoms. The molecule has 0 saturated heterocycles. The van der Waals surface area contributed by atoms with Crippen LogP contribution in [0.15, 0.2) is 22.7 Å². The third kappa shape index (κ3) is 3.77. The van der Waals surface area contributed by atoms with E-state index in [0.29, 0.717) is 18.2 Å². The topological polar surface area (TPSA) is 21.3 Å². The summed E-state index contributed by atoms with van der Waals surface area (Å²) in [4.78, 5) is 0. The first-order valence-electron chi connectivity index (χ1n) is 6.42. The lowest BCUT2D eigenvalue weighted by Gasteiger charge is -2.28. The molecule has 4 heteroatoms. The molecular weight excluding hydrogens is 297 g/mol. The van der Waals surface area contributed by atoms with Crippen molar-refractivity contribution in [2.75, 3.05) is 7.05 Å². The first kappa shape index (κ1) is 14.0. The summed E-state index contributed by atoms with van der Waals surface area (Å²) < 4.78 is 20.2. The largest absolute Gasteiger partial charge is 0.373 e. The van der Waals surface area contributed by atoms with Crippen molar-refractivity contribution >= 4 is 15.9 Å². The average Bonchev–Trinajstić information content (AvgIpc) is 2.40. The van der Waals surface area contributed by atoms with Crippen molar-refractivity contribution in [3.63, 3.8) is 0 Å². The monoisotopic (exact) mass is 315 g/mol. The predicted molar refractivity (Wildman–Crippen MR) is 74.0 cm³/mol. The van der Waals surface area contributed by atoms with Crippen LogP contribution in [0.5, 0.6) is 0 Å². The van der Waals surface area contributed by atoms with E-state index in [1.807, 2.05) is 7.05 Å². The lowest BCUT2D eigenvalue weighted by Crippen LogP contribution is -2.32. The van der Waals surface area contributed by atoms with Crippen LogP contribution in [0.25, 0.3) is 0 Å². The molecule has 1 saturated carbocycles. The molecule has 2 nitrogen and oxygen atoms in total. The maximum atomic E-state index is 13.5. The van der Waals surface area contributed by atoms with Gasteiger partial charge in [-0.3, -0.25) is 0 Å². The fourth-order valence-corrected chi connectivity index (χ4v) is 2.79. The van der Waals surface area contributed by atoms with Gasteiger partial charge < -0.3 is 10.1 Å². The molecule has 18 heavy (non-hydrogen) atoms. The molecule has 1 aromatic rings. The van der Waals surface area contributed by atoms with Gasteiger partial charge in [-0.05, 0) is 50.9 Å². The van der Waals surface area contributed by atoms with E-state index in [9.17, 15) is 4.39 Å². The van der Waals surface area contributed by atoms with Crippen LogP contribution in [0.2, 0.25) is 0 Å². The molecule has 2 rings (SSSR count). The van der Waals surface area contributed by atoms with Gasteiger partial charge in [-0.1, -0.05) is 15.9 Å². The fourth-order valence-electron chi connectivity index (χ4n) is 2.38. The van der Waals surface area contributed by atoms with Gasteiger partial charge in [0.15, 0.2) is 0 Å². The number of hydrogen-bond acceptors (Lipinski definition) is 2. The van der Waals surface area contributed by atoms with Gasteiger partial charge in [0.1, 0.15) is 5.82 Å². The minimum Gasteiger partial charge on any atom is -0.373 e. The van der Waals surface area contributed by atoms with Crippen LogP contribution in [-0.2, 0) is 11.3 Å². The summed E-state index contributed by atoms with van der Waals surface area (Å²) in [5.41, 5.74) is 0.625. The Morgan fingerprint density at radius 3 is 2.72 bits per heavy atom. The zero-order valence-corrected chi connectivity index (χ0v) is 12.2. The lowest BCUT2D eigenvalue weighted by atomic mass is 9.93. The Kier molecular flexibility index (Phi) is 5.15. The standard InChI is InChI=1S/C14H19BrFNO/c1-17-12-3-5-13(6-4-12)18-9-10-8-11(15)2-7-14(10)16/h2,7-8,12-13,17H,3-6,9H2,1H3. The molecule has 0 radical (unpaired) electrons. The predicted octanol–water partition coefficient (Wildman–Crippen LogP) is 3.64. The van der Waals surface area contributed by atoms with Gasteiger partial charge in [0.05, 0.1) is 12.7 Å². The second-order valence-electron chi connectivity index (χ2n) is 4.81. The van der Waals surface area contributed by atoms with Gasteiger partial charge in [0.25, 0.3) is 0 Å². The number of hydrogen-bond donors (Lipinski definition) is 1. The lowest BCUT2D eigenvalue weighted by molar-refractivity contribution is 0.0106. The zero-order chi connectivity index (χ0) is 13.0. The van der Waals surface area contributed by atoms with Crippen LogP contribution < -0.4 is 5.32 Å². The molecule has 1 N–H and O–H groups in total. The Bertz CT molecular complexity index is 391. The number of ether oxygens (including phenoxy) is 1. The van der Waals surface area contributed by atoms with E-state index >= 15 is 0 Å². The molecule has 0 unspecified atom stereocenters. The van der Waals surface area contributed by atoms with Crippen molar-refractivity contribution in [3.05, 3.63) is 34.1 Å². The minimum atomic E-state index is -0.192. The molecule has 1 aliphatic rings. The molecule has 1 fully saturated rings. The molecule has 0 atom stereocenters. The summed E-state index contributed by atoms with van der Waals surface area (Å²) in [6.45, 7) is 0.361. The van der Waals surface area contributed by atoms with Gasteiger partial charge >= 0.3 is 0 Å². The van der Waals surface area contributed by atoms with E-state index in [-0.39, 0.29) is 11.9 Å². The summed E-state index contributed by atoms with van der Waals surface area (Å²) in [6.07, 6.45) is 4.67. The SMILES string of the molecule is CNC1CCC(OCc2cc(Br)ccc2F)CC1. The first-order valence-corrected chi connectivity index (χ1v) is 7.21. The Labute approximate surface area is 116 Å². The molecule has 1 aromatic carbocycles. The second kappa shape index (κ2) is 6.64. The third-order valence-corrected chi connectivity index (χ3v) is 4.06. The second-order valence-corrected chi connectivity index (χ2v) is 5.72. The van der Waals surface area contributed by atoms with Gasteiger partial charge in [0, 0.05) is 16.1 Å². The fraction of sp³-hybridized carbons (Fsp3) is 0.571. The third-order valence-electron chi connectivity index (χ3n) is 3.56. The van der Waals surface area contributed by atoms with Crippen molar-refractivity contribution in [2.45, 2.75) is 44.4 Å². The number of rotatable bonds is 4. The Morgan fingerprint density at radius 1 is 1.33 bits per heavy atom. The Morgan fingerprint density at radius 2 is 2.06 bits per heavy atom. The van der Waals surface area contributed by atoms with Gasteiger partial charge in [-0.25, -0.2) is 4.39 Å². The minimum absolute atomic E-state index is 0.192. The number of nitrogens with one attached hydrogen (secondary N) is 1. The van der Waals surface area contributed by atoms with Crippen LogP contribution in [0, 0.1) is 5.82 Å². The average molecular weight is 316 g/mol. The van der Waals surface area contributed by atoms with E-state index < -0.39 is 0 Å². The van der Waals surface area contributed by atoms with Gasteiger partial charge in [0.2, 0.25) is 0 Å². The summed E-state index contributed by atoms with van der Waals surface area (Å²) >= 11 is 3.35. The highest BCUT2D eigenvalue weighted by molar-refractivity contribution is 9.10. The van der Waals surface area contributed by atoms with E-state index in [0.717, 1.165) is 30.2 Å². The van der Waals surface area contributed by atoms with Crippen LogP contribution in [0.1, 0.15) is 31.2 Å². The van der Waals surface area contributed by atoms with Crippen molar-refractivity contribution in [1.82, 2.24) is 5.32 Å². The molecule has 100 valence electrons. The molecule has 1 aliphatic carbocycles. The van der Waals surface area contributed by atoms with E-state index in [1.54, 1.807) is 12.1 Å². The van der Waals surface area contributed by atoms with Crippen LogP contribution >= 0.6 is 15.9 Å². The van der Waals surface area contributed by atoms with E-state index in [1.165, 1.54) is 6.07 Å². The molecule has 0 bridgehead atoms. The van der Waals surface area contributed by atoms with Crippen molar-refractivity contribution in [2.24, 2.45) is 0 Å². The highest BCUT2D eigenvalue weighted by atomic mass is 79.9. The molecular formula is C14H19BrFNO. The summed E-state index contributed by atoms with van der Waals surface area (Å²) in [5, 5.41) is 3.29. The molecule has 0 heterocycles. The quantitative estimate of drug-likeness (QED) is 0.916. The van der Waals surface area contributed by atoms with Crippen LogP contribution in [-0.4, -0.2) is 19.2 Å². The van der Waals surface area contributed by atoms with Crippen molar-refractivity contribution in [3.8, 4) is 0 Å². The first-order chi connectivity index (χ1) is 8.69. The smallest absolute Gasteiger partial charge is 0.128 e. The number of benzene rings is 1. The number of halogens is 2. The molecule has 0 aliphatic heterocycles. The Balaban J connectivity index is 1.83. The normalized spacial score (nSPS) is 24.2. The Hall–Kier alpha value is -0.450. The van der Waals surface area contributed by atoms with E-state index in [2.05, 4.69) is 21.2 Å². The van der Waals surface area contributed by atoms with E-state index in [4.69, 9.17) is 4.74 Å². The molecule has 0 amide bonds. The summed E-state index contributed by atoms with van der Waals surface area (Å²) in [6, 6.07) is 5.58. The maximum Gasteiger partial charge on any atom is 0.128 e. The summed E-state index contributed by atoms with van der Waals surface area (Å²) in [5.74, 6) is -0.192. The van der Waals surface area contributed by atoms with Crippen molar-refractivity contribution < 1.29 is 9.13 Å². The zero-order valence-electron chi connectivity index (χ0n) is 10.6.